The van der Waals surface area contributed by atoms with E-state index < -0.39 is 17.7 Å². The number of hydrogen-bond acceptors (Lipinski definition) is 5. The van der Waals surface area contributed by atoms with Gasteiger partial charge in [0.1, 0.15) is 17.3 Å². The molecule has 1 fully saturated rings. The van der Waals surface area contributed by atoms with E-state index in [-0.39, 0.29) is 11.3 Å². The van der Waals surface area contributed by atoms with Crippen LogP contribution in [0.3, 0.4) is 0 Å². The van der Waals surface area contributed by atoms with Crippen LogP contribution in [0.15, 0.2) is 54.1 Å². The second-order valence-corrected chi connectivity index (χ2v) is 8.00. The fourth-order valence-electron chi connectivity index (χ4n) is 3.64. The van der Waals surface area contributed by atoms with Crippen LogP contribution >= 0.6 is 0 Å². The molecule has 0 radical (unpaired) electrons. The summed E-state index contributed by atoms with van der Waals surface area (Å²) in [5.41, 5.74) is 1.26. The lowest BCUT2D eigenvalue weighted by molar-refractivity contribution is -0.139. The minimum atomic E-state index is -0.680. The number of rotatable bonds is 8. The highest BCUT2D eigenvalue weighted by atomic mass is 16.5. The van der Waals surface area contributed by atoms with Gasteiger partial charge >= 0.3 is 0 Å². The molecule has 6 nitrogen and oxygen atoms in total. The highest BCUT2D eigenvalue weighted by molar-refractivity contribution is 6.46. The number of methoxy groups -OCH3 is 1. The summed E-state index contributed by atoms with van der Waals surface area (Å²) in [6.45, 7) is 7.04. The maximum absolute atomic E-state index is 12.9. The van der Waals surface area contributed by atoms with Gasteiger partial charge in [-0.3, -0.25) is 9.59 Å². The molecule has 1 amide bonds. The molecule has 0 spiro atoms. The lowest BCUT2D eigenvalue weighted by Gasteiger charge is -2.25. The number of nitrogens with zero attached hydrogens (tertiary/aromatic N) is 1. The average Bonchev–Trinajstić information content (AvgIpc) is 3.02. The topological polar surface area (TPSA) is 76.1 Å². The number of aliphatic hydroxyl groups excluding tert-OH is 1. The number of ketones is 1. The molecule has 0 aliphatic carbocycles. The first-order valence-electron chi connectivity index (χ1n) is 10.5. The van der Waals surface area contributed by atoms with Crippen LogP contribution in [0.25, 0.3) is 5.76 Å². The number of ether oxygens (including phenoxy) is 2. The maximum atomic E-state index is 12.9. The van der Waals surface area contributed by atoms with E-state index in [0.717, 1.165) is 5.56 Å². The summed E-state index contributed by atoms with van der Waals surface area (Å²) in [6, 6.07) is 13.4. The molecule has 1 unspecified atom stereocenters. The summed E-state index contributed by atoms with van der Waals surface area (Å²) in [5, 5.41) is 11.0. The largest absolute Gasteiger partial charge is 0.507 e. The molecule has 1 N–H and O–H groups in total. The van der Waals surface area contributed by atoms with Crippen molar-refractivity contribution in [2.24, 2.45) is 5.92 Å². The predicted octanol–water partition coefficient (Wildman–Crippen LogP) is 4.56. The summed E-state index contributed by atoms with van der Waals surface area (Å²) in [4.78, 5) is 27.3. The first kappa shape index (κ1) is 22.4. The quantitative estimate of drug-likeness (QED) is 0.383. The van der Waals surface area contributed by atoms with Crippen molar-refractivity contribution in [3.05, 3.63) is 65.2 Å². The van der Waals surface area contributed by atoms with Crippen LogP contribution in [0.5, 0.6) is 11.5 Å². The number of carbonyl (C=O) groups excluding carboxylic acids is 2. The molecule has 0 saturated carbocycles. The minimum Gasteiger partial charge on any atom is -0.507 e. The molecule has 31 heavy (non-hydrogen) atoms. The van der Waals surface area contributed by atoms with Crippen LogP contribution < -0.4 is 9.47 Å². The van der Waals surface area contributed by atoms with Gasteiger partial charge in [-0.2, -0.15) is 0 Å². The summed E-state index contributed by atoms with van der Waals surface area (Å²) >= 11 is 0. The Morgan fingerprint density at radius 3 is 2.42 bits per heavy atom. The van der Waals surface area contributed by atoms with Gasteiger partial charge in [-0.15, -0.1) is 0 Å². The van der Waals surface area contributed by atoms with Crippen LogP contribution in [0.1, 0.15) is 44.4 Å². The highest BCUT2D eigenvalue weighted by Gasteiger charge is 2.45. The van der Waals surface area contributed by atoms with Crippen molar-refractivity contribution >= 4 is 17.4 Å². The first-order valence-corrected chi connectivity index (χ1v) is 10.5. The fraction of sp³-hybridized carbons (Fsp3) is 0.360. The van der Waals surface area contributed by atoms with E-state index in [9.17, 15) is 14.7 Å². The fourth-order valence-corrected chi connectivity index (χ4v) is 3.64. The van der Waals surface area contributed by atoms with Crippen molar-refractivity contribution in [1.29, 1.82) is 0 Å². The van der Waals surface area contributed by atoms with E-state index in [4.69, 9.17) is 9.47 Å². The molecule has 3 rings (SSSR count). The zero-order valence-corrected chi connectivity index (χ0v) is 18.4. The molecule has 0 bridgehead atoms. The zero-order valence-electron chi connectivity index (χ0n) is 18.4. The van der Waals surface area contributed by atoms with Crippen molar-refractivity contribution in [2.45, 2.75) is 33.2 Å². The second kappa shape index (κ2) is 9.69. The van der Waals surface area contributed by atoms with Crippen LogP contribution in [-0.2, 0) is 9.59 Å². The van der Waals surface area contributed by atoms with Gasteiger partial charge in [-0.05, 0) is 54.3 Å². The maximum Gasteiger partial charge on any atom is 0.295 e. The molecular formula is C25H29NO5. The predicted molar refractivity (Wildman–Crippen MR) is 119 cm³/mol. The van der Waals surface area contributed by atoms with Crippen LogP contribution in [0.2, 0.25) is 0 Å². The summed E-state index contributed by atoms with van der Waals surface area (Å²) < 4.78 is 11.0. The molecule has 164 valence electrons. The normalized spacial score (nSPS) is 18.0. The van der Waals surface area contributed by atoms with Gasteiger partial charge in [0.2, 0.25) is 0 Å². The second-order valence-electron chi connectivity index (χ2n) is 8.00. The molecule has 0 aromatic heterocycles. The van der Waals surface area contributed by atoms with Crippen molar-refractivity contribution in [3.8, 4) is 11.5 Å². The van der Waals surface area contributed by atoms with Gasteiger partial charge < -0.3 is 19.5 Å². The molecule has 1 heterocycles. The third-order valence-electron chi connectivity index (χ3n) is 5.13. The average molecular weight is 424 g/mol. The Bertz CT molecular complexity index is 978. The van der Waals surface area contributed by atoms with Gasteiger partial charge in [0.25, 0.3) is 11.7 Å². The molecule has 2 aromatic rings. The van der Waals surface area contributed by atoms with E-state index >= 15 is 0 Å². The summed E-state index contributed by atoms with van der Waals surface area (Å²) in [6.07, 6.45) is 0.690. The molecule has 1 aliphatic rings. The van der Waals surface area contributed by atoms with E-state index in [0.29, 0.717) is 42.6 Å². The van der Waals surface area contributed by atoms with E-state index in [2.05, 4.69) is 13.8 Å². The monoisotopic (exact) mass is 423 g/mol. The first-order chi connectivity index (χ1) is 14.9. The number of carbonyl (C=O) groups is 2. The molecule has 1 saturated heterocycles. The Hall–Kier alpha value is -3.28. The van der Waals surface area contributed by atoms with E-state index in [1.807, 2.05) is 31.2 Å². The Balaban J connectivity index is 2.09. The Labute approximate surface area is 183 Å². The minimum absolute atomic E-state index is 0.0876. The van der Waals surface area contributed by atoms with Crippen LogP contribution in [0.4, 0.5) is 0 Å². The SMILES string of the molecule is CCCN1C(=O)C(=O)/C(=C(\O)c2ccc(OC)cc2)C1c1cccc(OCC(C)C)c1. The van der Waals surface area contributed by atoms with E-state index in [1.54, 1.807) is 31.4 Å². The molecular weight excluding hydrogens is 394 g/mol. The zero-order chi connectivity index (χ0) is 22.5. The van der Waals surface area contributed by atoms with Crippen molar-refractivity contribution in [1.82, 2.24) is 4.90 Å². The number of likely N-dealkylation sites (tertiary alicyclic amines) is 1. The molecule has 1 aliphatic heterocycles. The number of amides is 1. The lowest BCUT2D eigenvalue weighted by atomic mass is 9.95. The van der Waals surface area contributed by atoms with Gasteiger partial charge in [0.05, 0.1) is 25.3 Å². The van der Waals surface area contributed by atoms with E-state index in [1.165, 1.54) is 4.90 Å². The molecule has 2 aromatic carbocycles. The van der Waals surface area contributed by atoms with Crippen LogP contribution in [0, 0.1) is 5.92 Å². The molecule has 1 atom stereocenters. The van der Waals surface area contributed by atoms with Crippen molar-refractivity contribution in [2.75, 3.05) is 20.3 Å². The third-order valence-corrected chi connectivity index (χ3v) is 5.13. The number of benzene rings is 2. The van der Waals surface area contributed by atoms with Crippen molar-refractivity contribution < 1.29 is 24.2 Å². The number of hydrogen-bond donors (Lipinski definition) is 1. The number of aliphatic hydroxyl groups is 1. The Kier molecular flexibility index (Phi) is 7.00. The Morgan fingerprint density at radius 2 is 1.81 bits per heavy atom. The van der Waals surface area contributed by atoms with Crippen molar-refractivity contribution in [3.63, 3.8) is 0 Å². The van der Waals surface area contributed by atoms with Gasteiger partial charge in [-0.25, -0.2) is 0 Å². The highest BCUT2D eigenvalue weighted by Crippen LogP contribution is 2.40. The summed E-state index contributed by atoms with van der Waals surface area (Å²) in [7, 11) is 1.56. The number of Topliss-reactive ketones (excluding diaryl/α,β-unsaturated/α-hetero) is 1. The van der Waals surface area contributed by atoms with Gasteiger partial charge in [-0.1, -0.05) is 32.9 Å². The van der Waals surface area contributed by atoms with Gasteiger partial charge in [0.15, 0.2) is 0 Å². The standard InChI is InChI=1S/C25H29NO5/c1-5-13-26-22(18-7-6-8-20(14-18)31-15-16(2)3)21(24(28)25(26)29)23(27)17-9-11-19(30-4)12-10-17/h6-12,14,16,22,27H,5,13,15H2,1-4H3/b23-21-. The third kappa shape index (κ3) is 4.74. The smallest absolute Gasteiger partial charge is 0.295 e. The summed E-state index contributed by atoms with van der Waals surface area (Å²) in [5.74, 6) is 0.186. The molecule has 6 heteroatoms. The lowest BCUT2D eigenvalue weighted by Crippen LogP contribution is -2.30. The van der Waals surface area contributed by atoms with Gasteiger partial charge in [0, 0.05) is 12.1 Å². The van der Waals surface area contributed by atoms with Crippen LogP contribution in [-0.4, -0.2) is 42.0 Å². The Morgan fingerprint density at radius 1 is 1.10 bits per heavy atom.